The van der Waals surface area contributed by atoms with Crippen molar-refractivity contribution in [3.05, 3.63) is 48.8 Å². The summed E-state index contributed by atoms with van der Waals surface area (Å²) in [6.07, 6.45) is 3.58. The number of nitrogens with zero attached hydrogens (tertiary/aromatic N) is 1. The van der Waals surface area contributed by atoms with E-state index in [2.05, 4.69) is 15.6 Å². The summed E-state index contributed by atoms with van der Waals surface area (Å²) >= 11 is 0. The molecule has 2 aromatic rings. The van der Waals surface area contributed by atoms with Gasteiger partial charge in [-0.25, -0.2) is 4.79 Å². The maximum Gasteiger partial charge on any atom is 0.319 e. The Kier molecular flexibility index (Phi) is 5.94. The zero-order valence-electron chi connectivity index (χ0n) is 14.2. The SMILES string of the molecule is CC(C)(CCC(=O)O)NC(=O)Nc1cccc(Oc2ccncc2)c1. The van der Waals surface area contributed by atoms with Crippen molar-refractivity contribution in [1.29, 1.82) is 0 Å². The van der Waals surface area contributed by atoms with Crippen LogP contribution in [0, 0.1) is 0 Å². The van der Waals surface area contributed by atoms with E-state index in [-0.39, 0.29) is 6.42 Å². The highest BCUT2D eigenvalue weighted by Crippen LogP contribution is 2.23. The van der Waals surface area contributed by atoms with Crippen LogP contribution in [-0.2, 0) is 4.79 Å². The maximum atomic E-state index is 12.1. The molecule has 1 aromatic heterocycles. The molecular weight excluding hydrogens is 322 g/mol. The first-order valence-electron chi connectivity index (χ1n) is 7.83. The van der Waals surface area contributed by atoms with E-state index in [1.165, 1.54) is 0 Å². The summed E-state index contributed by atoms with van der Waals surface area (Å²) in [5.41, 5.74) is -0.0637. The van der Waals surface area contributed by atoms with Crippen molar-refractivity contribution in [3.63, 3.8) is 0 Å². The van der Waals surface area contributed by atoms with Gasteiger partial charge in [-0.05, 0) is 44.5 Å². The zero-order valence-corrected chi connectivity index (χ0v) is 14.2. The molecule has 7 heteroatoms. The van der Waals surface area contributed by atoms with Crippen LogP contribution in [0.15, 0.2) is 48.8 Å². The number of hydrogen-bond acceptors (Lipinski definition) is 4. The Hall–Kier alpha value is -3.09. The fraction of sp³-hybridized carbons (Fsp3) is 0.278. The van der Waals surface area contributed by atoms with Crippen LogP contribution in [0.5, 0.6) is 11.5 Å². The number of urea groups is 1. The first-order chi connectivity index (χ1) is 11.8. The summed E-state index contributed by atoms with van der Waals surface area (Å²) in [4.78, 5) is 26.7. The standard InChI is InChI=1S/C18H21N3O4/c1-18(2,9-6-16(22)23)21-17(24)20-13-4-3-5-15(12-13)25-14-7-10-19-11-8-14/h3-5,7-8,10-12H,6,9H2,1-2H3,(H,22,23)(H2,20,21,24). The summed E-state index contributed by atoms with van der Waals surface area (Å²) < 4.78 is 5.69. The number of carbonyl (C=O) groups excluding carboxylic acids is 1. The molecule has 0 aliphatic carbocycles. The van der Waals surface area contributed by atoms with Gasteiger partial charge in [-0.1, -0.05) is 6.07 Å². The monoisotopic (exact) mass is 343 g/mol. The normalized spacial score (nSPS) is 10.8. The number of pyridine rings is 1. The molecule has 0 unspecified atom stereocenters. The molecule has 0 fully saturated rings. The van der Waals surface area contributed by atoms with E-state index >= 15 is 0 Å². The summed E-state index contributed by atoms with van der Waals surface area (Å²) in [6, 6.07) is 10.0. The molecule has 2 rings (SSSR count). The quantitative estimate of drug-likeness (QED) is 0.712. The van der Waals surface area contributed by atoms with E-state index in [0.717, 1.165) is 0 Å². The van der Waals surface area contributed by atoms with Gasteiger partial charge in [0.15, 0.2) is 0 Å². The highest BCUT2D eigenvalue weighted by molar-refractivity contribution is 5.90. The Balaban J connectivity index is 1.94. The largest absolute Gasteiger partial charge is 0.481 e. The van der Waals surface area contributed by atoms with Crippen LogP contribution in [0.1, 0.15) is 26.7 Å². The Morgan fingerprint density at radius 1 is 1.16 bits per heavy atom. The molecule has 0 spiro atoms. The van der Waals surface area contributed by atoms with Crippen LogP contribution in [0.3, 0.4) is 0 Å². The maximum absolute atomic E-state index is 12.1. The molecule has 3 N–H and O–H groups in total. The molecule has 0 saturated carbocycles. The average molecular weight is 343 g/mol. The third kappa shape index (κ3) is 6.50. The van der Waals surface area contributed by atoms with Crippen LogP contribution in [-0.4, -0.2) is 27.6 Å². The van der Waals surface area contributed by atoms with Gasteiger partial charge in [0.05, 0.1) is 0 Å². The zero-order chi connectivity index (χ0) is 18.3. The van der Waals surface area contributed by atoms with Crippen molar-refractivity contribution in [3.8, 4) is 11.5 Å². The van der Waals surface area contributed by atoms with E-state index in [1.54, 1.807) is 62.6 Å². The van der Waals surface area contributed by atoms with Crippen molar-refractivity contribution in [2.24, 2.45) is 0 Å². The van der Waals surface area contributed by atoms with Crippen LogP contribution in [0.25, 0.3) is 0 Å². The molecule has 1 heterocycles. The molecule has 1 aromatic carbocycles. The van der Waals surface area contributed by atoms with Crippen molar-refractivity contribution >= 4 is 17.7 Å². The predicted octanol–water partition coefficient (Wildman–Crippen LogP) is 3.64. The van der Waals surface area contributed by atoms with Crippen molar-refractivity contribution in [1.82, 2.24) is 10.3 Å². The van der Waals surface area contributed by atoms with Gasteiger partial charge in [-0.3, -0.25) is 9.78 Å². The number of benzene rings is 1. The third-order valence-electron chi connectivity index (χ3n) is 3.39. The second kappa shape index (κ2) is 8.14. The fourth-order valence-corrected chi connectivity index (χ4v) is 2.13. The number of ether oxygens (including phenoxy) is 1. The third-order valence-corrected chi connectivity index (χ3v) is 3.39. The predicted molar refractivity (Wildman–Crippen MR) is 93.9 cm³/mol. The number of amides is 2. The minimum atomic E-state index is -0.892. The van der Waals surface area contributed by atoms with Gasteiger partial charge in [0.2, 0.25) is 0 Å². The molecule has 132 valence electrons. The lowest BCUT2D eigenvalue weighted by Gasteiger charge is -2.25. The number of aliphatic carboxylic acids is 1. The number of anilines is 1. The van der Waals surface area contributed by atoms with Gasteiger partial charge in [-0.2, -0.15) is 0 Å². The molecular formula is C18H21N3O4. The minimum absolute atomic E-state index is 0.0114. The molecule has 25 heavy (non-hydrogen) atoms. The van der Waals surface area contributed by atoms with Crippen molar-refractivity contribution in [2.45, 2.75) is 32.2 Å². The molecule has 7 nitrogen and oxygen atoms in total. The number of carboxylic acids is 1. The van der Waals surface area contributed by atoms with Gasteiger partial charge in [0.25, 0.3) is 0 Å². The molecule has 0 bridgehead atoms. The van der Waals surface area contributed by atoms with Gasteiger partial charge in [-0.15, -0.1) is 0 Å². The Morgan fingerprint density at radius 3 is 2.56 bits per heavy atom. The lowest BCUT2D eigenvalue weighted by Crippen LogP contribution is -2.45. The highest BCUT2D eigenvalue weighted by Gasteiger charge is 2.21. The Labute approximate surface area is 146 Å². The van der Waals surface area contributed by atoms with Crippen LogP contribution in [0.4, 0.5) is 10.5 Å². The smallest absolute Gasteiger partial charge is 0.319 e. The number of rotatable bonds is 7. The second-order valence-electron chi connectivity index (χ2n) is 6.17. The molecule has 0 saturated heterocycles. The fourth-order valence-electron chi connectivity index (χ4n) is 2.13. The van der Waals surface area contributed by atoms with E-state index in [9.17, 15) is 9.59 Å². The van der Waals surface area contributed by atoms with Crippen LogP contribution >= 0.6 is 0 Å². The molecule has 0 aliphatic heterocycles. The van der Waals surface area contributed by atoms with Crippen molar-refractivity contribution in [2.75, 3.05) is 5.32 Å². The van der Waals surface area contributed by atoms with Gasteiger partial charge >= 0.3 is 12.0 Å². The number of aromatic nitrogens is 1. The van der Waals surface area contributed by atoms with Gasteiger partial charge in [0.1, 0.15) is 11.5 Å². The Bertz CT molecular complexity index is 732. The summed E-state index contributed by atoms with van der Waals surface area (Å²) in [5.74, 6) is 0.330. The van der Waals surface area contributed by atoms with E-state index < -0.39 is 17.5 Å². The first kappa shape index (κ1) is 18.3. The number of hydrogen-bond donors (Lipinski definition) is 3. The van der Waals surface area contributed by atoms with E-state index in [4.69, 9.17) is 9.84 Å². The van der Waals surface area contributed by atoms with Crippen molar-refractivity contribution < 1.29 is 19.4 Å². The lowest BCUT2D eigenvalue weighted by molar-refractivity contribution is -0.137. The van der Waals surface area contributed by atoms with Crippen LogP contribution in [0.2, 0.25) is 0 Å². The summed E-state index contributed by atoms with van der Waals surface area (Å²) in [6.45, 7) is 3.55. The number of carboxylic acid groups (broad SMARTS) is 1. The number of carbonyl (C=O) groups is 2. The summed E-state index contributed by atoms with van der Waals surface area (Å²) in [7, 11) is 0. The molecule has 0 aliphatic rings. The number of nitrogens with one attached hydrogen (secondary N) is 2. The Morgan fingerprint density at radius 2 is 1.88 bits per heavy atom. The van der Waals surface area contributed by atoms with Gasteiger partial charge < -0.3 is 20.5 Å². The molecule has 2 amide bonds. The van der Waals surface area contributed by atoms with E-state index in [0.29, 0.717) is 23.6 Å². The first-order valence-corrected chi connectivity index (χ1v) is 7.83. The van der Waals surface area contributed by atoms with Gasteiger partial charge in [0, 0.05) is 36.1 Å². The molecule has 0 radical (unpaired) electrons. The highest BCUT2D eigenvalue weighted by atomic mass is 16.5. The average Bonchev–Trinajstić information content (AvgIpc) is 2.54. The van der Waals surface area contributed by atoms with E-state index in [1.807, 2.05) is 0 Å². The lowest BCUT2D eigenvalue weighted by atomic mass is 9.99. The summed E-state index contributed by atoms with van der Waals surface area (Å²) in [5, 5.41) is 14.2. The molecule has 0 atom stereocenters. The second-order valence-corrected chi connectivity index (χ2v) is 6.17. The van der Waals surface area contributed by atoms with Crippen LogP contribution < -0.4 is 15.4 Å². The minimum Gasteiger partial charge on any atom is -0.481 e. The topological polar surface area (TPSA) is 101 Å².